The summed E-state index contributed by atoms with van der Waals surface area (Å²) in [5, 5.41) is 8.40. The molecule has 3 aromatic heterocycles. The van der Waals surface area contributed by atoms with E-state index in [0.717, 1.165) is 31.7 Å². The lowest BCUT2D eigenvalue weighted by Gasteiger charge is -2.32. The van der Waals surface area contributed by atoms with Gasteiger partial charge in [0.25, 0.3) is 5.91 Å². The largest absolute Gasteiger partial charge is 0.336 e. The van der Waals surface area contributed by atoms with Crippen LogP contribution in [0.4, 0.5) is 0 Å². The van der Waals surface area contributed by atoms with Crippen molar-refractivity contribution in [1.82, 2.24) is 29.4 Å². The van der Waals surface area contributed by atoms with Crippen LogP contribution in [-0.2, 0) is 0 Å². The van der Waals surface area contributed by atoms with Crippen LogP contribution in [0.3, 0.4) is 0 Å². The van der Waals surface area contributed by atoms with Gasteiger partial charge in [-0.15, -0.1) is 10.2 Å². The average Bonchev–Trinajstić information content (AvgIpc) is 3.05. The van der Waals surface area contributed by atoms with E-state index in [1.807, 2.05) is 39.8 Å². The molecule has 0 aromatic carbocycles. The molecule has 24 heavy (non-hydrogen) atoms. The zero-order valence-electron chi connectivity index (χ0n) is 13.5. The highest BCUT2D eigenvalue weighted by atomic mass is 16.2. The van der Waals surface area contributed by atoms with Crippen LogP contribution in [0.25, 0.3) is 17.0 Å². The molecule has 0 saturated carbocycles. The zero-order chi connectivity index (χ0) is 16.5. The molecule has 1 amide bonds. The normalized spacial score (nSPS) is 15.8. The van der Waals surface area contributed by atoms with Gasteiger partial charge in [-0.25, -0.2) is 0 Å². The lowest BCUT2D eigenvalue weighted by Crippen LogP contribution is -2.47. The number of likely N-dealkylation sites (N-methyl/N-ethyl adjacent to an activating group) is 1. The van der Waals surface area contributed by atoms with Crippen LogP contribution in [-0.4, -0.2) is 68.5 Å². The summed E-state index contributed by atoms with van der Waals surface area (Å²) in [4.78, 5) is 21.0. The quantitative estimate of drug-likeness (QED) is 0.709. The van der Waals surface area contributed by atoms with E-state index in [1.165, 1.54) is 0 Å². The fourth-order valence-corrected chi connectivity index (χ4v) is 2.90. The van der Waals surface area contributed by atoms with Crippen LogP contribution in [0, 0.1) is 0 Å². The number of piperazine rings is 1. The number of aromatic nitrogens is 4. The fourth-order valence-electron chi connectivity index (χ4n) is 2.90. The van der Waals surface area contributed by atoms with Crippen molar-refractivity contribution in [3.05, 3.63) is 48.4 Å². The molecule has 4 heterocycles. The highest BCUT2D eigenvalue weighted by Gasteiger charge is 2.21. The van der Waals surface area contributed by atoms with Crippen molar-refractivity contribution in [1.29, 1.82) is 0 Å². The first-order valence-corrected chi connectivity index (χ1v) is 7.95. The number of nitrogens with zero attached hydrogens (tertiary/aromatic N) is 6. The van der Waals surface area contributed by atoms with Gasteiger partial charge >= 0.3 is 0 Å². The SMILES string of the molecule is CN1CCN(C(=O)c2ccc3nnc(-c4cccnc4)n3c2)CC1. The second kappa shape index (κ2) is 6.01. The molecule has 0 aliphatic carbocycles. The third-order valence-electron chi connectivity index (χ3n) is 4.36. The molecule has 1 aliphatic heterocycles. The van der Waals surface area contributed by atoms with Crippen LogP contribution in [0.1, 0.15) is 10.4 Å². The molecule has 0 radical (unpaired) electrons. The van der Waals surface area contributed by atoms with Gasteiger partial charge in [-0.3, -0.25) is 14.2 Å². The monoisotopic (exact) mass is 322 g/mol. The topological polar surface area (TPSA) is 66.6 Å². The Morgan fingerprint density at radius 1 is 1.08 bits per heavy atom. The summed E-state index contributed by atoms with van der Waals surface area (Å²) in [7, 11) is 2.07. The Morgan fingerprint density at radius 3 is 2.67 bits per heavy atom. The smallest absolute Gasteiger partial charge is 0.255 e. The Bertz CT molecular complexity index is 867. The molecule has 1 fully saturated rings. The highest BCUT2D eigenvalue weighted by Crippen LogP contribution is 2.18. The lowest BCUT2D eigenvalue weighted by molar-refractivity contribution is 0.0663. The summed E-state index contributed by atoms with van der Waals surface area (Å²) >= 11 is 0. The van der Waals surface area contributed by atoms with Gasteiger partial charge in [0.2, 0.25) is 0 Å². The van der Waals surface area contributed by atoms with E-state index in [-0.39, 0.29) is 5.91 Å². The number of carbonyl (C=O) groups is 1. The first-order valence-electron chi connectivity index (χ1n) is 7.95. The minimum absolute atomic E-state index is 0.0517. The van der Waals surface area contributed by atoms with Gasteiger partial charge in [0.15, 0.2) is 11.5 Å². The first kappa shape index (κ1) is 14.8. The summed E-state index contributed by atoms with van der Waals surface area (Å²) in [5.74, 6) is 0.738. The van der Waals surface area contributed by atoms with E-state index in [0.29, 0.717) is 17.0 Å². The minimum Gasteiger partial charge on any atom is -0.336 e. The maximum atomic E-state index is 12.8. The van der Waals surface area contributed by atoms with E-state index >= 15 is 0 Å². The van der Waals surface area contributed by atoms with E-state index in [4.69, 9.17) is 0 Å². The van der Waals surface area contributed by atoms with Crippen molar-refractivity contribution < 1.29 is 4.79 Å². The maximum absolute atomic E-state index is 12.8. The minimum atomic E-state index is 0.0517. The summed E-state index contributed by atoms with van der Waals surface area (Å²) in [6.07, 6.45) is 5.28. The van der Waals surface area contributed by atoms with Crippen LogP contribution < -0.4 is 0 Å². The molecule has 1 aliphatic rings. The molecule has 0 unspecified atom stereocenters. The highest BCUT2D eigenvalue weighted by molar-refractivity contribution is 5.94. The Hall–Kier alpha value is -2.80. The van der Waals surface area contributed by atoms with Crippen molar-refractivity contribution in [3.63, 3.8) is 0 Å². The summed E-state index contributed by atoms with van der Waals surface area (Å²) < 4.78 is 1.85. The Kier molecular flexibility index (Phi) is 3.70. The third kappa shape index (κ3) is 2.63. The number of hydrogen-bond donors (Lipinski definition) is 0. The number of fused-ring (bicyclic) bond motifs is 1. The number of rotatable bonds is 2. The van der Waals surface area contributed by atoms with Crippen LogP contribution in [0.2, 0.25) is 0 Å². The van der Waals surface area contributed by atoms with Gasteiger partial charge < -0.3 is 9.80 Å². The van der Waals surface area contributed by atoms with E-state index in [1.54, 1.807) is 12.4 Å². The Morgan fingerprint density at radius 2 is 1.92 bits per heavy atom. The number of hydrogen-bond acceptors (Lipinski definition) is 5. The molecule has 0 spiro atoms. The van der Waals surface area contributed by atoms with Crippen LogP contribution in [0.5, 0.6) is 0 Å². The zero-order valence-corrected chi connectivity index (χ0v) is 13.5. The van der Waals surface area contributed by atoms with Crippen molar-refractivity contribution >= 4 is 11.6 Å². The van der Waals surface area contributed by atoms with Crippen LogP contribution in [0.15, 0.2) is 42.9 Å². The molecule has 4 rings (SSSR count). The Labute approximate surface area is 139 Å². The number of pyridine rings is 2. The molecule has 0 atom stereocenters. The van der Waals surface area contributed by atoms with Gasteiger partial charge in [0.05, 0.1) is 5.56 Å². The van der Waals surface area contributed by atoms with E-state index in [9.17, 15) is 4.79 Å². The van der Waals surface area contributed by atoms with E-state index < -0.39 is 0 Å². The van der Waals surface area contributed by atoms with Crippen LogP contribution >= 0.6 is 0 Å². The molecule has 0 N–H and O–H groups in total. The molecular formula is C17H18N6O. The number of amides is 1. The predicted octanol–water partition coefficient (Wildman–Crippen LogP) is 1.18. The van der Waals surface area contributed by atoms with Gasteiger partial charge in [0, 0.05) is 50.3 Å². The summed E-state index contributed by atoms with van der Waals surface area (Å²) in [6.45, 7) is 3.32. The number of carbonyl (C=O) groups excluding carboxylic acids is 1. The van der Waals surface area contributed by atoms with Gasteiger partial charge in [0.1, 0.15) is 0 Å². The van der Waals surface area contributed by atoms with Crippen molar-refractivity contribution in [2.75, 3.05) is 33.2 Å². The first-order chi connectivity index (χ1) is 11.7. The lowest BCUT2D eigenvalue weighted by atomic mass is 10.2. The molecule has 1 saturated heterocycles. The third-order valence-corrected chi connectivity index (χ3v) is 4.36. The molecule has 0 bridgehead atoms. The fraction of sp³-hybridized carbons (Fsp3) is 0.294. The van der Waals surface area contributed by atoms with Gasteiger partial charge in [-0.1, -0.05) is 0 Å². The van der Waals surface area contributed by atoms with Crippen molar-refractivity contribution in [2.24, 2.45) is 0 Å². The molecule has 3 aromatic rings. The van der Waals surface area contributed by atoms with Gasteiger partial charge in [-0.2, -0.15) is 0 Å². The molecule has 122 valence electrons. The second-order valence-corrected chi connectivity index (χ2v) is 6.01. The average molecular weight is 322 g/mol. The summed E-state index contributed by atoms with van der Waals surface area (Å²) in [5.41, 5.74) is 2.23. The van der Waals surface area contributed by atoms with Gasteiger partial charge in [-0.05, 0) is 31.3 Å². The molecule has 7 nitrogen and oxygen atoms in total. The summed E-state index contributed by atoms with van der Waals surface area (Å²) in [6, 6.07) is 7.43. The van der Waals surface area contributed by atoms with Crippen molar-refractivity contribution in [2.45, 2.75) is 0 Å². The molecular weight excluding hydrogens is 304 g/mol. The maximum Gasteiger partial charge on any atom is 0.255 e. The van der Waals surface area contributed by atoms with E-state index in [2.05, 4.69) is 27.1 Å². The predicted molar refractivity (Wildman–Crippen MR) is 89.6 cm³/mol. The van der Waals surface area contributed by atoms with Crippen molar-refractivity contribution in [3.8, 4) is 11.4 Å². The Balaban J connectivity index is 1.69. The molecule has 7 heteroatoms. The standard InChI is InChI=1S/C17H18N6O/c1-21-7-9-22(10-8-21)17(24)14-4-5-15-19-20-16(23(15)12-14)13-3-2-6-18-11-13/h2-6,11-12H,7-10H2,1H3. The second-order valence-electron chi connectivity index (χ2n) is 6.01.